The Morgan fingerprint density at radius 2 is 2.11 bits per heavy atom. The van der Waals surface area contributed by atoms with Gasteiger partial charge in [0.25, 0.3) is 5.91 Å². The minimum Gasteiger partial charge on any atom is -0.481 e. The van der Waals surface area contributed by atoms with Crippen molar-refractivity contribution < 1.29 is 14.7 Å². The van der Waals surface area contributed by atoms with Gasteiger partial charge in [0.05, 0.1) is 6.42 Å². The number of carbonyl (C=O) groups excluding carboxylic acids is 1. The lowest BCUT2D eigenvalue weighted by Crippen LogP contribution is -2.37. The van der Waals surface area contributed by atoms with Crippen LogP contribution in [0.25, 0.3) is 0 Å². The Balaban J connectivity index is 2.61. The maximum atomic E-state index is 11.9. The van der Waals surface area contributed by atoms with Crippen molar-refractivity contribution >= 4 is 11.9 Å². The molecule has 1 rings (SSSR count). The van der Waals surface area contributed by atoms with E-state index in [4.69, 9.17) is 5.11 Å². The number of amides is 1. The summed E-state index contributed by atoms with van der Waals surface area (Å²) in [5.41, 5.74) is 0. The fraction of sp³-hybridized carbons (Fsp3) is 0.667. The van der Waals surface area contributed by atoms with Crippen LogP contribution in [-0.2, 0) is 11.2 Å². The lowest BCUT2D eigenvalue weighted by atomic mass is 10.1. The third kappa shape index (κ3) is 5.07. The Kier molecular flexibility index (Phi) is 5.98. The SMILES string of the molecule is CCCc1nc(C(=O)NC(CCC)CC(=O)O)n[nH]1. The summed E-state index contributed by atoms with van der Waals surface area (Å²) >= 11 is 0. The molecule has 0 aliphatic rings. The van der Waals surface area contributed by atoms with Crippen molar-refractivity contribution in [2.75, 3.05) is 0 Å². The summed E-state index contributed by atoms with van der Waals surface area (Å²) in [7, 11) is 0. The van der Waals surface area contributed by atoms with E-state index in [-0.39, 0.29) is 18.3 Å². The highest BCUT2D eigenvalue weighted by Gasteiger charge is 2.19. The van der Waals surface area contributed by atoms with E-state index in [1.807, 2.05) is 13.8 Å². The predicted molar refractivity (Wildman–Crippen MR) is 68.8 cm³/mol. The number of carbonyl (C=O) groups is 2. The number of aromatic amines is 1. The van der Waals surface area contributed by atoms with Crippen LogP contribution in [0.2, 0.25) is 0 Å². The molecular weight excluding hydrogens is 248 g/mol. The molecule has 0 fully saturated rings. The number of hydrogen-bond donors (Lipinski definition) is 3. The summed E-state index contributed by atoms with van der Waals surface area (Å²) in [5.74, 6) is -0.633. The van der Waals surface area contributed by atoms with E-state index >= 15 is 0 Å². The van der Waals surface area contributed by atoms with E-state index in [0.717, 1.165) is 19.3 Å². The van der Waals surface area contributed by atoms with Gasteiger partial charge in [-0.05, 0) is 12.8 Å². The minimum atomic E-state index is -0.930. The monoisotopic (exact) mass is 268 g/mol. The van der Waals surface area contributed by atoms with Crippen molar-refractivity contribution in [3.05, 3.63) is 11.6 Å². The highest BCUT2D eigenvalue weighted by atomic mass is 16.4. The molecule has 3 N–H and O–H groups in total. The zero-order valence-electron chi connectivity index (χ0n) is 11.3. The molecule has 0 radical (unpaired) electrons. The van der Waals surface area contributed by atoms with Gasteiger partial charge in [0.1, 0.15) is 5.82 Å². The molecule has 0 aromatic carbocycles. The number of nitrogens with one attached hydrogen (secondary N) is 2. The summed E-state index contributed by atoms with van der Waals surface area (Å²) < 4.78 is 0. The first-order valence-corrected chi connectivity index (χ1v) is 6.50. The maximum absolute atomic E-state index is 11.9. The molecule has 1 amide bonds. The van der Waals surface area contributed by atoms with E-state index in [2.05, 4.69) is 20.5 Å². The van der Waals surface area contributed by atoms with Crippen LogP contribution >= 0.6 is 0 Å². The second-order valence-corrected chi connectivity index (χ2v) is 4.41. The zero-order valence-corrected chi connectivity index (χ0v) is 11.3. The normalized spacial score (nSPS) is 12.1. The highest BCUT2D eigenvalue weighted by Crippen LogP contribution is 2.04. The van der Waals surface area contributed by atoms with E-state index in [1.165, 1.54) is 0 Å². The highest BCUT2D eigenvalue weighted by molar-refractivity contribution is 5.90. The number of rotatable bonds is 8. The Labute approximate surface area is 111 Å². The van der Waals surface area contributed by atoms with Gasteiger partial charge >= 0.3 is 5.97 Å². The number of carboxylic acid groups (broad SMARTS) is 1. The first kappa shape index (κ1) is 15.1. The fourth-order valence-corrected chi connectivity index (χ4v) is 1.78. The third-order valence-corrected chi connectivity index (χ3v) is 2.61. The number of aliphatic carboxylic acids is 1. The standard InChI is InChI=1S/C12H20N4O3/c1-3-5-8(7-10(17)18)13-12(19)11-14-9(6-4-2)15-16-11/h8H,3-7H2,1-2H3,(H,13,19)(H,17,18)(H,14,15,16). The molecule has 0 saturated heterocycles. The molecule has 0 bridgehead atoms. The molecule has 0 aliphatic heterocycles. The van der Waals surface area contributed by atoms with Crippen LogP contribution in [0.3, 0.4) is 0 Å². The maximum Gasteiger partial charge on any atom is 0.305 e. The van der Waals surface area contributed by atoms with E-state index in [1.54, 1.807) is 0 Å². The van der Waals surface area contributed by atoms with Gasteiger partial charge in [-0.25, -0.2) is 4.98 Å². The molecule has 106 valence electrons. The fourth-order valence-electron chi connectivity index (χ4n) is 1.78. The molecule has 0 saturated carbocycles. The number of aryl methyl sites for hydroxylation is 1. The Morgan fingerprint density at radius 3 is 2.68 bits per heavy atom. The van der Waals surface area contributed by atoms with Gasteiger partial charge in [0, 0.05) is 12.5 Å². The van der Waals surface area contributed by atoms with Crippen LogP contribution in [0.1, 0.15) is 56.0 Å². The summed E-state index contributed by atoms with van der Waals surface area (Å²) in [6.07, 6.45) is 2.96. The number of nitrogens with zero attached hydrogens (tertiary/aromatic N) is 2. The van der Waals surface area contributed by atoms with Gasteiger partial charge in [0.2, 0.25) is 5.82 Å². The van der Waals surface area contributed by atoms with Gasteiger partial charge in [-0.2, -0.15) is 0 Å². The molecule has 7 heteroatoms. The van der Waals surface area contributed by atoms with Crippen molar-refractivity contribution in [1.29, 1.82) is 0 Å². The predicted octanol–water partition coefficient (Wildman–Crippen LogP) is 1.13. The van der Waals surface area contributed by atoms with Crippen LogP contribution in [0.5, 0.6) is 0 Å². The quantitative estimate of drug-likeness (QED) is 0.655. The van der Waals surface area contributed by atoms with Crippen molar-refractivity contribution in [1.82, 2.24) is 20.5 Å². The summed E-state index contributed by atoms with van der Waals surface area (Å²) in [6.45, 7) is 3.94. The van der Waals surface area contributed by atoms with Gasteiger partial charge in [-0.1, -0.05) is 20.3 Å². The molecule has 7 nitrogen and oxygen atoms in total. The van der Waals surface area contributed by atoms with E-state index in [9.17, 15) is 9.59 Å². The molecule has 1 aromatic rings. The number of aromatic nitrogens is 3. The molecular formula is C12H20N4O3. The molecule has 1 atom stereocenters. The van der Waals surface area contributed by atoms with Gasteiger partial charge in [-0.15, -0.1) is 5.10 Å². The molecule has 1 aromatic heterocycles. The lowest BCUT2D eigenvalue weighted by molar-refractivity contribution is -0.137. The largest absolute Gasteiger partial charge is 0.481 e. The topological polar surface area (TPSA) is 108 Å². The van der Waals surface area contributed by atoms with Crippen molar-refractivity contribution in [3.8, 4) is 0 Å². The van der Waals surface area contributed by atoms with Crippen molar-refractivity contribution in [2.45, 2.75) is 52.0 Å². The van der Waals surface area contributed by atoms with Crippen molar-refractivity contribution in [2.24, 2.45) is 0 Å². The molecule has 0 aliphatic carbocycles. The van der Waals surface area contributed by atoms with Crippen LogP contribution in [0, 0.1) is 0 Å². The average molecular weight is 268 g/mol. The van der Waals surface area contributed by atoms with Crippen molar-refractivity contribution in [3.63, 3.8) is 0 Å². The molecule has 19 heavy (non-hydrogen) atoms. The number of H-pyrrole nitrogens is 1. The van der Waals surface area contributed by atoms with Crippen LogP contribution in [-0.4, -0.2) is 38.2 Å². The first-order valence-electron chi connectivity index (χ1n) is 6.50. The van der Waals surface area contributed by atoms with Crippen LogP contribution < -0.4 is 5.32 Å². The second kappa shape index (κ2) is 7.50. The summed E-state index contributed by atoms with van der Waals surface area (Å²) in [5, 5.41) is 18.0. The van der Waals surface area contributed by atoms with Crippen LogP contribution in [0.15, 0.2) is 0 Å². The summed E-state index contributed by atoms with van der Waals surface area (Å²) in [6, 6.07) is -0.386. The number of carboxylic acids is 1. The summed E-state index contributed by atoms with van der Waals surface area (Å²) in [4.78, 5) is 26.6. The Morgan fingerprint density at radius 1 is 1.37 bits per heavy atom. The Bertz CT molecular complexity index is 430. The smallest absolute Gasteiger partial charge is 0.305 e. The molecule has 0 spiro atoms. The third-order valence-electron chi connectivity index (χ3n) is 2.61. The first-order chi connectivity index (χ1) is 9.06. The Hall–Kier alpha value is -1.92. The minimum absolute atomic E-state index is 0.0648. The average Bonchev–Trinajstić information content (AvgIpc) is 2.77. The van der Waals surface area contributed by atoms with Gasteiger partial charge < -0.3 is 10.4 Å². The van der Waals surface area contributed by atoms with Crippen LogP contribution in [0.4, 0.5) is 0 Å². The zero-order chi connectivity index (χ0) is 14.3. The van der Waals surface area contributed by atoms with Gasteiger partial charge in [0.15, 0.2) is 0 Å². The molecule has 1 heterocycles. The lowest BCUT2D eigenvalue weighted by Gasteiger charge is -2.14. The molecule has 1 unspecified atom stereocenters. The van der Waals surface area contributed by atoms with Gasteiger partial charge in [-0.3, -0.25) is 14.7 Å². The van der Waals surface area contributed by atoms with E-state index < -0.39 is 11.9 Å². The second-order valence-electron chi connectivity index (χ2n) is 4.41. The number of hydrogen-bond acceptors (Lipinski definition) is 4. The van der Waals surface area contributed by atoms with E-state index in [0.29, 0.717) is 12.2 Å².